The summed E-state index contributed by atoms with van der Waals surface area (Å²) in [6.07, 6.45) is 0. The Balaban J connectivity index is 2.53. The standard InChI is InChI=1S/C7H7N5O2S/c8-15(13,14)6-3-1-2-5(4-6)7-9-11-12-10-7/h1-4H,(H2,8,13,14)(H,9,10,11,12). The van der Waals surface area contributed by atoms with Crippen molar-refractivity contribution in [3.8, 4) is 11.4 Å². The summed E-state index contributed by atoms with van der Waals surface area (Å²) in [5.41, 5.74) is 0.537. The van der Waals surface area contributed by atoms with E-state index in [1.807, 2.05) is 0 Å². The second-order valence-electron chi connectivity index (χ2n) is 2.81. The van der Waals surface area contributed by atoms with Crippen LogP contribution in [-0.4, -0.2) is 29.0 Å². The third-order valence-corrected chi connectivity index (χ3v) is 2.68. The molecule has 0 unspecified atom stereocenters. The molecule has 78 valence electrons. The summed E-state index contributed by atoms with van der Waals surface area (Å²) in [5, 5.41) is 18.1. The zero-order valence-corrected chi connectivity index (χ0v) is 8.27. The minimum atomic E-state index is -3.70. The number of hydrogen-bond acceptors (Lipinski definition) is 5. The van der Waals surface area contributed by atoms with Gasteiger partial charge in [-0.1, -0.05) is 12.1 Å². The van der Waals surface area contributed by atoms with Gasteiger partial charge in [-0.2, -0.15) is 5.21 Å². The van der Waals surface area contributed by atoms with E-state index < -0.39 is 10.0 Å². The minimum absolute atomic E-state index is 0.0183. The minimum Gasteiger partial charge on any atom is -0.225 e. The molecule has 0 aliphatic rings. The third kappa shape index (κ3) is 2.00. The van der Waals surface area contributed by atoms with Crippen LogP contribution < -0.4 is 5.14 Å². The molecule has 0 atom stereocenters. The number of tetrazole rings is 1. The van der Waals surface area contributed by atoms with Gasteiger partial charge in [0.15, 0.2) is 0 Å². The van der Waals surface area contributed by atoms with Crippen LogP contribution in [0.2, 0.25) is 0 Å². The lowest BCUT2D eigenvalue weighted by Gasteiger charge is -1.99. The summed E-state index contributed by atoms with van der Waals surface area (Å²) >= 11 is 0. The Morgan fingerprint density at radius 1 is 1.33 bits per heavy atom. The van der Waals surface area contributed by atoms with Crippen LogP contribution in [0.4, 0.5) is 0 Å². The lowest BCUT2D eigenvalue weighted by molar-refractivity contribution is 0.598. The van der Waals surface area contributed by atoms with Crippen molar-refractivity contribution >= 4 is 10.0 Å². The predicted molar refractivity (Wildman–Crippen MR) is 51.0 cm³/mol. The fraction of sp³-hybridized carbons (Fsp3) is 0. The average molecular weight is 225 g/mol. The van der Waals surface area contributed by atoms with Gasteiger partial charge in [0.05, 0.1) is 4.90 Å². The lowest BCUT2D eigenvalue weighted by Crippen LogP contribution is -2.11. The van der Waals surface area contributed by atoms with Crippen LogP contribution in [0.1, 0.15) is 0 Å². The van der Waals surface area contributed by atoms with E-state index in [4.69, 9.17) is 5.14 Å². The smallest absolute Gasteiger partial charge is 0.225 e. The van der Waals surface area contributed by atoms with Gasteiger partial charge in [-0.15, -0.1) is 10.2 Å². The van der Waals surface area contributed by atoms with Crippen LogP contribution in [-0.2, 0) is 10.0 Å². The van der Waals surface area contributed by atoms with Crippen molar-refractivity contribution in [1.82, 2.24) is 20.6 Å². The van der Waals surface area contributed by atoms with Gasteiger partial charge in [0.1, 0.15) is 0 Å². The first-order chi connectivity index (χ1) is 7.07. The molecule has 7 nitrogen and oxygen atoms in total. The Morgan fingerprint density at radius 2 is 2.13 bits per heavy atom. The van der Waals surface area contributed by atoms with Crippen LogP contribution in [0.3, 0.4) is 0 Å². The number of aromatic nitrogens is 4. The topological polar surface area (TPSA) is 115 Å². The number of hydrogen-bond donors (Lipinski definition) is 2. The normalized spacial score (nSPS) is 11.5. The van der Waals surface area contributed by atoms with E-state index in [-0.39, 0.29) is 4.90 Å². The van der Waals surface area contributed by atoms with Crippen LogP contribution in [0, 0.1) is 0 Å². The SMILES string of the molecule is NS(=O)(=O)c1cccc(-c2nn[nH]n2)c1. The van der Waals surface area contributed by atoms with Crippen molar-refractivity contribution in [1.29, 1.82) is 0 Å². The molecular weight excluding hydrogens is 218 g/mol. The first kappa shape index (κ1) is 9.74. The van der Waals surface area contributed by atoms with Crippen LogP contribution >= 0.6 is 0 Å². The van der Waals surface area contributed by atoms with E-state index in [1.165, 1.54) is 12.1 Å². The van der Waals surface area contributed by atoms with Gasteiger partial charge in [-0.3, -0.25) is 0 Å². The Kier molecular flexibility index (Phi) is 2.21. The number of nitrogens with zero attached hydrogens (tertiary/aromatic N) is 3. The monoisotopic (exact) mass is 225 g/mol. The molecule has 0 amide bonds. The molecule has 0 spiro atoms. The molecule has 2 aromatic rings. The number of rotatable bonds is 2. The number of aromatic amines is 1. The number of nitrogens with two attached hydrogens (primary N) is 1. The highest BCUT2D eigenvalue weighted by molar-refractivity contribution is 7.89. The molecule has 0 saturated carbocycles. The fourth-order valence-corrected chi connectivity index (χ4v) is 1.66. The highest BCUT2D eigenvalue weighted by atomic mass is 32.2. The second kappa shape index (κ2) is 3.41. The summed E-state index contributed by atoms with van der Waals surface area (Å²) in [7, 11) is -3.70. The molecule has 3 N–H and O–H groups in total. The van der Waals surface area contributed by atoms with Crippen molar-refractivity contribution < 1.29 is 8.42 Å². The third-order valence-electron chi connectivity index (χ3n) is 1.77. The average Bonchev–Trinajstić information content (AvgIpc) is 2.69. The lowest BCUT2D eigenvalue weighted by atomic mass is 10.2. The molecule has 1 aromatic heterocycles. The molecule has 0 bridgehead atoms. The van der Waals surface area contributed by atoms with E-state index in [0.29, 0.717) is 11.4 Å². The van der Waals surface area contributed by atoms with E-state index in [2.05, 4.69) is 20.6 Å². The molecule has 0 aliphatic carbocycles. The summed E-state index contributed by atoms with van der Waals surface area (Å²) in [6, 6.07) is 6.02. The van der Waals surface area contributed by atoms with Crippen molar-refractivity contribution in [2.45, 2.75) is 4.90 Å². The van der Waals surface area contributed by atoms with Gasteiger partial charge in [-0.25, -0.2) is 13.6 Å². The summed E-state index contributed by atoms with van der Waals surface area (Å²) in [5.74, 6) is 0.320. The Morgan fingerprint density at radius 3 is 2.73 bits per heavy atom. The van der Waals surface area contributed by atoms with Crippen molar-refractivity contribution in [2.24, 2.45) is 5.14 Å². The van der Waals surface area contributed by atoms with Crippen molar-refractivity contribution in [3.05, 3.63) is 24.3 Å². The number of sulfonamides is 1. The number of benzene rings is 1. The maximum atomic E-state index is 11.1. The maximum Gasteiger partial charge on any atom is 0.238 e. The number of nitrogens with one attached hydrogen (secondary N) is 1. The molecule has 1 heterocycles. The highest BCUT2D eigenvalue weighted by Crippen LogP contribution is 2.16. The molecule has 15 heavy (non-hydrogen) atoms. The second-order valence-corrected chi connectivity index (χ2v) is 4.37. The Hall–Kier alpha value is -1.80. The first-order valence-corrected chi connectivity index (χ1v) is 5.49. The van der Waals surface area contributed by atoms with E-state index >= 15 is 0 Å². The maximum absolute atomic E-state index is 11.1. The van der Waals surface area contributed by atoms with Crippen molar-refractivity contribution in [3.63, 3.8) is 0 Å². The summed E-state index contributed by atoms with van der Waals surface area (Å²) < 4.78 is 22.1. The number of primary sulfonamides is 1. The molecule has 8 heteroatoms. The number of H-pyrrole nitrogens is 1. The summed E-state index contributed by atoms with van der Waals surface area (Å²) in [4.78, 5) is 0.0183. The first-order valence-electron chi connectivity index (χ1n) is 3.94. The Bertz CT molecular complexity index is 563. The Labute approximate surface area is 85.4 Å². The van der Waals surface area contributed by atoms with Crippen LogP contribution in [0.5, 0.6) is 0 Å². The molecule has 0 fully saturated rings. The quantitative estimate of drug-likeness (QED) is 0.715. The summed E-state index contributed by atoms with van der Waals surface area (Å²) in [6.45, 7) is 0. The zero-order valence-electron chi connectivity index (χ0n) is 7.45. The van der Waals surface area contributed by atoms with Gasteiger partial charge >= 0.3 is 0 Å². The van der Waals surface area contributed by atoms with Crippen LogP contribution in [0.25, 0.3) is 11.4 Å². The molecule has 0 radical (unpaired) electrons. The van der Waals surface area contributed by atoms with Crippen molar-refractivity contribution in [2.75, 3.05) is 0 Å². The van der Waals surface area contributed by atoms with E-state index in [1.54, 1.807) is 12.1 Å². The predicted octanol–water partition coefficient (Wildman–Crippen LogP) is -0.486. The van der Waals surface area contributed by atoms with Gasteiger partial charge in [0.2, 0.25) is 15.8 Å². The molecule has 1 aromatic carbocycles. The molecule has 2 rings (SSSR count). The van der Waals surface area contributed by atoms with Gasteiger partial charge < -0.3 is 0 Å². The molecule has 0 aliphatic heterocycles. The van der Waals surface area contributed by atoms with Gasteiger partial charge in [0, 0.05) is 5.56 Å². The highest BCUT2D eigenvalue weighted by Gasteiger charge is 2.10. The zero-order chi connectivity index (χ0) is 10.9. The molecular formula is C7H7N5O2S. The van der Waals surface area contributed by atoms with E-state index in [9.17, 15) is 8.42 Å². The largest absolute Gasteiger partial charge is 0.238 e. The fourth-order valence-electron chi connectivity index (χ4n) is 1.10. The van der Waals surface area contributed by atoms with Gasteiger partial charge in [0.25, 0.3) is 0 Å². The van der Waals surface area contributed by atoms with Crippen LogP contribution in [0.15, 0.2) is 29.2 Å². The van der Waals surface area contributed by atoms with E-state index in [0.717, 1.165) is 0 Å². The molecule has 0 saturated heterocycles. The van der Waals surface area contributed by atoms with Gasteiger partial charge in [-0.05, 0) is 17.3 Å².